The summed E-state index contributed by atoms with van der Waals surface area (Å²) in [5.74, 6) is 2.44. The molecule has 7 heteroatoms. The van der Waals surface area contributed by atoms with Crippen LogP contribution in [-0.2, 0) is 6.54 Å². The molecule has 0 spiro atoms. The van der Waals surface area contributed by atoms with Gasteiger partial charge in [-0.25, -0.2) is 4.99 Å². The van der Waals surface area contributed by atoms with E-state index in [1.807, 2.05) is 18.2 Å². The fourth-order valence-electron chi connectivity index (χ4n) is 3.34. The molecule has 1 aromatic rings. The Hall–Kier alpha value is -1.22. The minimum atomic E-state index is 0. The molecule has 0 radical (unpaired) electrons. The number of rotatable bonds is 9. The lowest BCUT2D eigenvalue weighted by atomic mass is 10.2. The first-order chi connectivity index (χ1) is 12.7. The summed E-state index contributed by atoms with van der Waals surface area (Å²) in [7, 11) is 3.33. The van der Waals surface area contributed by atoms with Crippen LogP contribution in [0.3, 0.4) is 0 Å². The van der Waals surface area contributed by atoms with Crippen LogP contribution in [0.5, 0.6) is 11.5 Å². The van der Waals surface area contributed by atoms with Gasteiger partial charge in [-0.15, -0.1) is 24.0 Å². The summed E-state index contributed by atoms with van der Waals surface area (Å²) >= 11 is 0. The fourth-order valence-corrected chi connectivity index (χ4v) is 3.34. The molecule has 0 saturated carbocycles. The number of aliphatic imine (C=N–C) groups is 1. The highest BCUT2D eigenvalue weighted by Gasteiger charge is 2.20. The second-order valence-electron chi connectivity index (χ2n) is 6.56. The number of halogens is 1. The van der Waals surface area contributed by atoms with E-state index in [0.29, 0.717) is 12.6 Å². The van der Waals surface area contributed by atoms with Crippen LogP contribution in [0.4, 0.5) is 0 Å². The standard InChI is InChI=1S/C20H34N4O2.HI/c1-5-17(24-11-7-8-12-24)15-23-20(21-6-2)22-14-16-9-10-18(25-3)13-19(16)26-4;/h9-10,13,17H,5-8,11-12,14-15H2,1-4H3,(H2,21,22,23);1H. The van der Waals surface area contributed by atoms with Crippen LogP contribution in [0.2, 0.25) is 0 Å². The van der Waals surface area contributed by atoms with Gasteiger partial charge in [-0.1, -0.05) is 6.92 Å². The van der Waals surface area contributed by atoms with E-state index in [1.165, 1.54) is 25.9 Å². The lowest BCUT2D eigenvalue weighted by molar-refractivity contribution is 0.236. The van der Waals surface area contributed by atoms with E-state index in [-0.39, 0.29) is 24.0 Å². The summed E-state index contributed by atoms with van der Waals surface area (Å²) in [6.07, 6.45) is 3.79. The molecule has 6 nitrogen and oxygen atoms in total. The summed E-state index contributed by atoms with van der Waals surface area (Å²) in [6, 6.07) is 6.40. The predicted octanol–water partition coefficient (Wildman–Crippen LogP) is 3.25. The quantitative estimate of drug-likeness (QED) is 0.316. The normalized spacial score (nSPS) is 15.8. The molecular weight excluding hydrogens is 455 g/mol. The minimum absolute atomic E-state index is 0. The molecule has 1 aromatic carbocycles. The maximum atomic E-state index is 5.47. The Morgan fingerprint density at radius 3 is 2.48 bits per heavy atom. The van der Waals surface area contributed by atoms with Crippen molar-refractivity contribution in [3.63, 3.8) is 0 Å². The second kappa shape index (κ2) is 13.0. The molecular formula is C20H35IN4O2. The molecule has 2 rings (SSSR count). The molecule has 1 aliphatic heterocycles. The zero-order chi connectivity index (χ0) is 18.8. The average molecular weight is 490 g/mol. The number of methoxy groups -OCH3 is 2. The summed E-state index contributed by atoms with van der Waals surface area (Å²) < 4.78 is 10.7. The molecule has 0 amide bonds. The van der Waals surface area contributed by atoms with Gasteiger partial charge in [-0.3, -0.25) is 4.90 Å². The van der Waals surface area contributed by atoms with Crippen molar-refractivity contribution < 1.29 is 9.47 Å². The number of benzene rings is 1. The number of nitrogens with zero attached hydrogens (tertiary/aromatic N) is 2. The molecule has 1 saturated heterocycles. The first kappa shape index (κ1) is 23.8. The van der Waals surface area contributed by atoms with E-state index in [2.05, 4.69) is 29.4 Å². The van der Waals surface area contributed by atoms with Gasteiger partial charge in [0.25, 0.3) is 0 Å². The SMILES string of the molecule is CCNC(=NCc1ccc(OC)cc1OC)NCC(CC)N1CCCC1.I. The average Bonchev–Trinajstić information content (AvgIpc) is 3.20. The van der Waals surface area contributed by atoms with E-state index < -0.39 is 0 Å². The Morgan fingerprint density at radius 1 is 1.15 bits per heavy atom. The van der Waals surface area contributed by atoms with Gasteiger partial charge >= 0.3 is 0 Å². The zero-order valence-electron chi connectivity index (χ0n) is 17.1. The molecule has 1 fully saturated rings. The first-order valence-electron chi connectivity index (χ1n) is 9.68. The third kappa shape index (κ3) is 7.37. The van der Waals surface area contributed by atoms with Crippen molar-refractivity contribution in [1.29, 1.82) is 0 Å². The lowest BCUT2D eigenvalue weighted by Gasteiger charge is -2.27. The number of ether oxygens (including phenoxy) is 2. The highest BCUT2D eigenvalue weighted by Crippen LogP contribution is 2.25. The van der Waals surface area contributed by atoms with Crippen LogP contribution in [0.15, 0.2) is 23.2 Å². The van der Waals surface area contributed by atoms with E-state index in [0.717, 1.165) is 42.5 Å². The first-order valence-corrected chi connectivity index (χ1v) is 9.68. The third-order valence-corrected chi connectivity index (χ3v) is 4.88. The van der Waals surface area contributed by atoms with Crippen molar-refractivity contribution in [2.75, 3.05) is 40.4 Å². The zero-order valence-corrected chi connectivity index (χ0v) is 19.4. The largest absolute Gasteiger partial charge is 0.497 e. The molecule has 154 valence electrons. The van der Waals surface area contributed by atoms with Crippen LogP contribution in [0.25, 0.3) is 0 Å². The van der Waals surface area contributed by atoms with E-state index in [1.54, 1.807) is 14.2 Å². The monoisotopic (exact) mass is 490 g/mol. The van der Waals surface area contributed by atoms with Crippen molar-refractivity contribution in [2.45, 2.75) is 45.7 Å². The number of hydrogen-bond donors (Lipinski definition) is 2. The molecule has 27 heavy (non-hydrogen) atoms. The lowest BCUT2D eigenvalue weighted by Crippen LogP contribution is -2.46. The van der Waals surface area contributed by atoms with Crippen LogP contribution in [0.1, 0.15) is 38.7 Å². The maximum absolute atomic E-state index is 5.47. The second-order valence-corrected chi connectivity index (χ2v) is 6.56. The molecule has 1 aliphatic rings. The van der Waals surface area contributed by atoms with Gasteiger partial charge in [0.15, 0.2) is 5.96 Å². The Labute approximate surface area is 181 Å². The number of hydrogen-bond acceptors (Lipinski definition) is 4. The van der Waals surface area contributed by atoms with Gasteiger partial charge in [0.1, 0.15) is 11.5 Å². The van der Waals surface area contributed by atoms with Crippen LogP contribution < -0.4 is 20.1 Å². The van der Waals surface area contributed by atoms with Crippen molar-refractivity contribution in [1.82, 2.24) is 15.5 Å². The maximum Gasteiger partial charge on any atom is 0.191 e. The van der Waals surface area contributed by atoms with Gasteiger partial charge in [-0.05, 0) is 51.4 Å². The molecule has 2 N–H and O–H groups in total. The molecule has 1 atom stereocenters. The third-order valence-electron chi connectivity index (χ3n) is 4.88. The highest BCUT2D eigenvalue weighted by molar-refractivity contribution is 14.0. The highest BCUT2D eigenvalue weighted by atomic mass is 127. The van der Waals surface area contributed by atoms with Gasteiger partial charge in [0.05, 0.1) is 20.8 Å². The Morgan fingerprint density at radius 2 is 1.89 bits per heavy atom. The topological polar surface area (TPSA) is 58.1 Å². The van der Waals surface area contributed by atoms with Crippen molar-refractivity contribution in [3.05, 3.63) is 23.8 Å². The van der Waals surface area contributed by atoms with Gasteiger partial charge in [0, 0.05) is 30.8 Å². The van der Waals surface area contributed by atoms with Gasteiger partial charge < -0.3 is 20.1 Å². The molecule has 0 aromatic heterocycles. The van der Waals surface area contributed by atoms with Crippen molar-refractivity contribution in [3.8, 4) is 11.5 Å². The van der Waals surface area contributed by atoms with E-state index >= 15 is 0 Å². The molecule has 0 aliphatic carbocycles. The summed E-state index contributed by atoms with van der Waals surface area (Å²) in [6.45, 7) is 9.10. The summed E-state index contributed by atoms with van der Waals surface area (Å²) in [5, 5.41) is 6.85. The number of likely N-dealkylation sites (tertiary alicyclic amines) is 1. The van der Waals surface area contributed by atoms with E-state index in [9.17, 15) is 0 Å². The number of guanidine groups is 1. The molecule has 1 unspecified atom stereocenters. The predicted molar refractivity (Wildman–Crippen MR) is 123 cm³/mol. The molecule has 1 heterocycles. The van der Waals surface area contributed by atoms with E-state index in [4.69, 9.17) is 14.5 Å². The van der Waals surface area contributed by atoms with Crippen LogP contribution >= 0.6 is 24.0 Å². The Balaban J connectivity index is 0.00000364. The number of nitrogens with one attached hydrogen (secondary N) is 2. The Kier molecular flexibility index (Phi) is 11.5. The minimum Gasteiger partial charge on any atom is -0.497 e. The fraction of sp³-hybridized carbons (Fsp3) is 0.650. The van der Waals surface area contributed by atoms with Crippen molar-refractivity contribution >= 4 is 29.9 Å². The van der Waals surface area contributed by atoms with Crippen LogP contribution in [-0.4, -0.2) is 57.3 Å². The van der Waals surface area contributed by atoms with Gasteiger partial charge in [-0.2, -0.15) is 0 Å². The summed E-state index contributed by atoms with van der Waals surface area (Å²) in [5.41, 5.74) is 1.04. The van der Waals surface area contributed by atoms with Crippen molar-refractivity contribution in [2.24, 2.45) is 4.99 Å². The Bertz CT molecular complexity index is 577. The van der Waals surface area contributed by atoms with Gasteiger partial charge in [0.2, 0.25) is 0 Å². The molecule has 0 bridgehead atoms. The smallest absolute Gasteiger partial charge is 0.191 e. The summed E-state index contributed by atoms with van der Waals surface area (Å²) in [4.78, 5) is 7.32. The van der Waals surface area contributed by atoms with Crippen LogP contribution in [0, 0.1) is 0 Å².